The Morgan fingerprint density at radius 3 is 1.61 bits per heavy atom. The Balaban J connectivity index is 1.57. The van der Waals surface area contributed by atoms with Crippen LogP contribution in [-0.4, -0.2) is 4.57 Å². The van der Waals surface area contributed by atoms with E-state index in [1.54, 1.807) is 0 Å². The summed E-state index contributed by atoms with van der Waals surface area (Å²) in [5.41, 5.74) is 8.60. The summed E-state index contributed by atoms with van der Waals surface area (Å²) in [5, 5.41) is 2.59. The van der Waals surface area contributed by atoms with Crippen molar-refractivity contribution < 1.29 is 0 Å². The molecule has 0 spiro atoms. The minimum Gasteiger partial charge on any atom is -0.309 e. The standard InChI is InChI=1S/C30H19I2N/c31-23-14-16-29-26(18-23)27-19-24(32)15-17-30(27)33(29)28-9-5-4-8-25(28)22-12-10-21(11-13-22)20-6-2-1-3-7-20/h1-19H. The minimum atomic E-state index is 1.20. The summed E-state index contributed by atoms with van der Waals surface area (Å²) in [6.45, 7) is 0. The van der Waals surface area contributed by atoms with E-state index in [1.807, 2.05) is 0 Å². The molecule has 1 aromatic heterocycles. The maximum atomic E-state index is 2.41. The second kappa shape index (κ2) is 8.61. The SMILES string of the molecule is Ic1ccc2c(c1)c1cc(I)ccc1n2-c1ccccc1-c1ccc(-c2ccccc2)cc1. The summed E-state index contributed by atoms with van der Waals surface area (Å²) < 4.78 is 4.92. The predicted octanol–water partition coefficient (Wildman–Crippen LogP) is 9.33. The number of para-hydroxylation sites is 1. The second-order valence-corrected chi connectivity index (χ2v) is 10.6. The fourth-order valence-electron chi connectivity index (χ4n) is 4.61. The van der Waals surface area contributed by atoms with Crippen molar-refractivity contribution in [2.45, 2.75) is 0 Å². The molecule has 6 rings (SSSR count). The van der Waals surface area contributed by atoms with Crippen molar-refractivity contribution in [3.8, 4) is 27.9 Å². The zero-order chi connectivity index (χ0) is 22.4. The minimum absolute atomic E-state index is 1.20. The Kier molecular flexibility index (Phi) is 5.46. The third-order valence-corrected chi connectivity index (χ3v) is 7.48. The van der Waals surface area contributed by atoms with Gasteiger partial charge >= 0.3 is 0 Å². The molecule has 0 radical (unpaired) electrons. The predicted molar refractivity (Wildman–Crippen MR) is 157 cm³/mol. The first-order valence-corrected chi connectivity index (χ1v) is 13.0. The summed E-state index contributed by atoms with van der Waals surface area (Å²) >= 11 is 4.81. The topological polar surface area (TPSA) is 4.93 Å². The highest BCUT2D eigenvalue weighted by Gasteiger charge is 2.16. The number of halogens is 2. The lowest BCUT2D eigenvalue weighted by Gasteiger charge is -2.14. The molecular formula is C30H19I2N. The van der Waals surface area contributed by atoms with Crippen molar-refractivity contribution in [1.29, 1.82) is 0 Å². The summed E-state index contributed by atoms with van der Waals surface area (Å²) in [6.07, 6.45) is 0. The Bertz CT molecular complexity index is 1550. The van der Waals surface area contributed by atoms with E-state index in [-0.39, 0.29) is 0 Å². The van der Waals surface area contributed by atoms with Gasteiger partial charge in [-0.25, -0.2) is 0 Å². The second-order valence-electron chi connectivity index (χ2n) is 8.12. The van der Waals surface area contributed by atoms with E-state index >= 15 is 0 Å². The van der Waals surface area contributed by atoms with Gasteiger partial charge < -0.3 is 4.57 Å². The smallest absolute Gasteiger partial charge is 0.0542 e. The van der Waals surface area contributed by atoms with Crippen LogP contribution >= 0.6 is 45.2 Å². The average Bonchev–Trinajstić information content (AvgIpc) is 3.17. The lowest BCUT2D eigenvalue weighted by Crippen LogP contribution is -1.97. The van der Waals surface area contributed by atoms with Crippen molar-refractivity contribution >= 4 is 67.0 Å². The van der Waals surface area contributed by atoms with E-state index in [2.05, 4.69) is 165 Å². The van der Waals surface area contributed by atoms with E-state index in [4.69, 9.17) is 0 Å². The largest absolute Gasteiger partial charge is 0.309 e. The number of aromatic nitrogens is 1. The fraction of sp³-hybridized carbons (Fsp3) is 0. The van der Waals surface area contributed by atoms with Gasteiger partial charge in [-0.1, -0.05) is 72.8 Å². The molecule has 0 N–H and O–H groups in total. The van der Waals surface area contributed by atoms with E-state index in [1.165, 1.54) is 56.9 Å². The molecule has 0 aliphatic heterocycles. The molecule has 158 valence electrons. The molecule has 0 fully saturated rings. The monoisotopic (exact) mass is 647 g/mol. The molecule has 0 saturated heterocycles. The van der Waals surface area contributed by atoms with Gasteiger partial charge in [-0.05, 0) is 104 Å². The van der Waals surface area contributed by atoms with Crippen LogP contribution in [0.5, 0.6) is 0 Å². The Labute approximate surface area is 220 Å². The van der Waals surface area contributed by atoms with Gasteiger partial charge in [0, 0.05) is 23.5 Å². The summed E-state index contributed by atoms with van der Waals surface area (Å²) in [4.78, 5) is 0. The number of nitrogens with zero attached hydrogens (tertiary/aromatic N) is 1. The summed E-state index contributed by atoms with van der Waals surface area (Å²) in [5.74, 6) is 0. The zero-order valence-corrected chi connectivity index (χ0v) is 22.0. The van der Waals surface area contributed by atoms with Crippen molar-refractivity contribution in [2.24, 2.45) is 0 Å². The number of rotatable bonds is 3. The van der Waals surface area contributed by atoms with Crippen LogP contribution in [0, 0.1) is 7.14 Å². The maximum Gasteiger partial charge on any atom is 0.0542 e. The van der Waals surface area contributed by atoms with Crippen molar-refractivity contribution in [2.75, 3.05) is 0 Å². The van der Waals surface area contributed by atoms with Crippen molar-refractivity contribution in [1.82, 2.24) is 4.57 Å². The molecule has 5 aromatic carbocycles. The molecule has 0 aliphatic rings. The molecule has 0 unspecified atom stereocenters. The summed E-state index contributed by atoms with van der Waals surface area (Å²) in [6, 6.07) is 41.7. The highest BCUT2D eigenvalue weighted by Crippen LogP contribution is 2.37. The number of benzene rings is 5. The van der Waals surface area contributed by atoms with Crippen LogP contribution in [0.25, 0.3) is 49.7 Å². The first kappa shape index (κ1) is 20.9. The van der Waals surface area contributed by atoms with E-state index in [0.717, 1.165) is 0 Å². The van der Waals surface area contributed by atoms with Crippen LogP contribution in [-0.2, 0) is 0 Å². The van der Waals surface area contributed by atoms with Gasteiger partial charge in [0.2, 0.25) is 0 Å². The Morgan fingerprint density at radius 2 is 0.970 bits per heavy atom. The van der Waals surface area contributed by atoms with Crippen LogP contribution < -0.4 is 0 Å². The molecule has 3 heteroatoms. The molecular weight excluding hydrogens is 628 g/mol. The third kappa shape index (κ3) is 3.77. The lowest BCUT2D eigenvalue weighted by atomic mass is 9.99. The molecule has 0 saturated carbocycles. The van der Waals surface area contributed by atoms with Crippen molar-refractivity contribution in [3.63, 3.8) is 0 Å². The molecule has 0 atom stereocenters. The van der Waals surface area contributed by atoms with Crippen LogP contribution in [0.2, 0.25) is 0 Å². The highest BCUT2D eigenvalue weighted by molar-refractivity contribution is 14.1. The van der Waals surface area contributed by atoms with Crippen LogP contribution in [0.4, 0.5) is 0 Å². The molecule has 6 aromatic rings. The molecule has 1 nitrogen and oxygen atoms in total. The molecule has 33 heavy (non-hydrogen) atoms. The number of hydrogen-bond donors (Lipinski definition) is 0. The van der Waals surface area contributed by atoms with Crippen molar-refractivity contribution in [3.05, 3.63) is 122 Å². The van der Waals surface area contributed by atoms with Gasteiger partial charge in [0.05, 0.1) is 16.7 Å². The number of fused-ring (bicyclic) bond motifs is 3. The third-order valence-electron chi connectivity index (χ3n) is 6.14. The fourth-order valence-corrected chi connectivity index (χ4v) is 5.60. The van der Waals surface area contributed by atoms with Crippen LogP contribution in [0.1, 0.15) is 0 Å². The van der Waals surface area contributed by atoms with Gasteiger partial charge in [-0.15, -0.1) is 0 Å². The first-order valence-electron chi connectivity index (χ1n) is 10.8. The van der Waals surface area contributed by atoms with Gasteiger partial charge in [-0.3, -0.25) is 0 Å². The van der Waals surface area contributed by atoms with E-state index in [0.29, 0.717) is 0 Å². The van der Waals surface area contributed by atoms with Gasteiger partial charge in [0.15, 0.2) is 0 Å². The van der Waals surface area contributed by atoms with Crippen LogP contribution in [0.15, 0.2) is 115 Å². The van der Waals surface area contributed by atoms with Gasteiger partial charge in [0.25, 0.3) is 0 Å². The van der Waals surface area contributed by atoms with Gasteiger partial charge in [0.1, 0.15) is 0 Å². The van der Waals surface area contributed by atoms with Crippen LogP contribution in [0.3, 0.4) is 0 Å². The maximum absolute atomic E-state index is 2.41. The summed E-state index contributed by atoms with van der Waals surface area (Å²) in [7, 11) is 0. The zero-order valence-electron chi connectivity index (χ0n) is 17.7. The molecule has 1 heterocycles. The van der Waals surface area contributed by atoms with E-state index in [9.17, 15) is 0 Å². The quantitative estimate of drug-likeness (QED) is 0.169. The average molecular weight is 647 g/mol. The lowest BCUT2D eigenvalue weighted by molar-refractivity contribution is 1.18. The Hall–Kier alpha value is -2.64. The Morgan fingerprint density at radius 1 is 0.455 bits per heavy atom. The molecule has 0 aliphatic carbocycles. The molecule has 0 amide bonds. The van der Waals surface area contributed by atoms with Gasteiger partial charge in [-0.2, -0.15) is 0 Å². The van der Waals surface area contributed by atoms with E-state index < -0.39 is 0 Å². The number of hydrogen-bond acceptors (Lipinski definition) is 0. The normalized spacial score (nSPS) is 11.3. The first-order chi connectivity index (χ1) is 16.2. The highest BCUT2D eigenvalue weighted by atomic mass is 127. The molecule has 0 bridgehead atoms.